The molecule has 0 aromatic heterocycles. The summed E-state index contributed by atoms with van der Waals surface area (Å²) in [6.45, 7) is 6.05. The third-order valence-corrected chi connectivity index (χ3v) is 5.34. The highest BCUT2D eigenvalue weighted by molar-refractivity contribution is 14.0. The van der Waals surface area contributed by atoms with E-state index in [1.807, 2.05) is 19.2 Å². The zero-order chi connectivity index (χ0) is 17.9. The average molecular weight is 473 g/mol. The highest BCUT2D eigenvalue weighted by Gasteiger charge is 2.42. The number of guanidine groups is 1. The van der Waals surface area contributed by atoms with Crippen LogP contribution < -0.4 is 15.4 Å². The van der Waals surface area contributed by atoms with Crippen molar-refractivity contribution < 1.29 is 9.47 Å². The van der Waals surface area contributed by atoms with E-state index in [0.29, 0.717) is 5.41 Å². The van der Waals surface area contributed by atoms with Crippen molar-refractivity contribution in [3.05, 3.63) is 29.8 Å². The van der Waals surface area contributed by atoms with Gasteiger partial charge in [0.15, 0.2) is 5.96 Å². The summed E-state index contributed by atoms with van der Waals surface area (Å²) in [7, 11) is 3.61. The maximum Gasteiger partial charge on any atom is 0.191 e. The molecule has 1 atom stereocenters. The van der Waals surface area contributed by atoms with E-state index >= 15 is 0 Å². The van der Waals surface area contributed by atoms with Gasteiger partial charge in [-0.25, -0.2) is 0 Å². The second kappa shape index (κ2) is 8.78. The highest BCUT2D eigenvalue weighted by atomic mass is 127. The largest absolute Gasteiger partial charge is 0.487 e. The van der Waals surface area contributed by atoms with Crippen molar-refractivity contribution in [1.29, 1.82) is 0 Å². The first kappa shape index (κ1) is 21.3. The first-order valence-corrected chi connectivity index (χ1v) is 9.21. The maximum absolute atomic E-state index is 6.12. The minimum Gasteiger partial charge on any atom is -0.487 e. The van der Waals surface area contributed by atoms with Gasteiger partial charge in [-0.05, 0) is 44.6 Å². The Bertz CT molecular complexity index is 629. The average Bonchev–Trinajstić information content (AvgIpc) is 3.36. The van der Waals surface area contributed by atoms with Crippen molar-refractivity contribution >= 4 is 29.9 Å². The predicted octanol–water partition coefficient (Wildman–Crippen LogP) is 3.89. The molecule has 1 saturated carbocycles. The molecular weight excluding hydrogens is 441 g/mol. The molecule has 5 nitrogen and oxygen atoms in total. The third kappa shape index (κ3) is 5.25. The number of nitrogens with zero attached hydrogens (tertiary/aromatic N) is 1. The van der Waals surface area contributed by atoms with Gasteiger partial charge in [-0.1, -0.05) is 18.2 Å². The fraction of sp³-hybridized carbons (Fsp3) is 0.650. The molecule has 0 saturated heterocycles. The monoisotopic (exact) mass is 473 g/mol. The molecular formula is C20H32IN3O2. The summed E-state index contributed by atoms with van der Waals surface area (Å²) in [6.07, 6.45) is 4.56. The van der Waals surface area contributed by atoms with Crippen molar-refractivity contribution in [3.8, 4) is 5.75 Å². The molecule has 0 radical (unpaired) electrons. The van der Waals surface area contributed by atoms with Crippen LogP contribution in [0.1, 0.15) is 51.1 Å². The molecule has 146 valence electrons. The molecule has 0 amide bonds. The number of nitrogens with one attached hydrogen (secondary N) is 2. The van der Waals surface area contributed by atoms with Crippen molar-refractivity contribution in [2.24, 2.45) is 10.4 Å². The number of ether oxygens (including phenoxy) is 2. The molecule has 3 rings (SSSR count). The van der Waals surface area contributed by atoms with Crippen LogP contribution in [-0.4, -0.2) is 38.9 Å². The number of hydrogen-bond donors (Lipinski definition) is 2. The number of halogens is 1. The van der Waals surface area contributed by atoms with Crippen LogP contribution in [0.3, 0.4) is 0 Å². The maximum atomic E-state index is 6.12. The molecule has 1 unspecified atom stereocenters. The van der Waals surface area contributed by atoms with Crippen LogP contribution in [0.15, 0.2) is 29.3 Å². The van der Waals surface area contributed by atoms with E-state index in [1.165, 1.54) is 18.4 Å². The molecule has 1 heterocycles. The summed E-state index contributed by atoms with van der Waals surface area (Å²) < 4.78 is 11.4. The quantitative estimate of drug-likeness (QED) is 0.374. The lowest BCUT2D eigenvalue weighted by atomic mass is 9.90. The Morgan fingerprint density at radius 3 is 2.69 bits per heavy atom. The normalized spacial score (nSPS) is 22.5. The Labute approximate surface area is 174 Å². The Kier molecular flexibility index (Phi) is 7.19. The summed E-state index contributed by atoms with van der Waals surface area (Å²) in [6, 6.07) is 8.47. The Morgan fingerprint density at radius 2 is 2.04 bits per heavy atom. The van der Waals surface area contributed by atoms with Crippen molar-refractivity contribution in [2.75, 3.05) is 27.3 Å². The van der Waals surface area contributed by atoms with E-state index in [9.17, 15) is 0 Å². The van der Waals surface area contributed by atoms with E-state index in [4.69, 9.17) is 9.47 Å². The SMILES string of the molecule is CN=C(NCC1(CCOC)CC1)NC1CC(C)(C)Oc2ccccc21.I. The molecule has 1 aromatic carbocycles. The van der Waals surface area contributed by atoms with Gasteiger partial charge in [-0.2, -0.15) is 0 Å². The van der Waals surface area contributed by atoms with E-state index in [2.05, 4.69) is 41.6 Å². The molecule has 2 N–H and O–H groups in total. The molecule has 0 bridgehead atoms. The number of para-hydroxylation sites is 1. The van der Waals surface area contributed by atoms with Gasteiger partial charge < -0.3 is 20.1 Å². The second-order valence-electron chi connectivity index (χ2n) is 7.97. The van der Waals surface area contributed by atoms with E-state index in [-0.39, 0.29) is 35.6 Å². The van der Waals surface area contributed by atoms with Gasteiger partial charge in [0.05, 0.1) is 6.04 Å². The zero-order valence-corrected chi connectivity index (χ0v) is 18.6. The smallest absolute Gasteiger partial charge is 0.191 e. The highest BCUT2D eigenvalue weighted by Crippen LogP contribution is 2.48. The Hall–Kier alpha value is -1.02. The van der Waals surface area contributed by atoms with Gasteiger partial charge in [0.1, 0.15) is 11.4 Å². The fourth-order valence-electron chi connectivity index (χ4n) is 3.57. The molecule has 26 heavy (non-hydrogen) atoms. The second-order valence-corrected chi connectivity index (χ2v) is 7.97. The number of rotatable bonds is 6. The predicted molar refractivity (Wildman–Crippen MR) is 117 cm³/mol. The Morgan fingerprint density at radius 1 is 1.31 bits per heavy atom. The van der Waals surface area contributed by atoms with E-state index < -0.39 is 0 Å². The summed E-state index contributed by atoms with van der Waals surface area (Å²) in [5, 5.41) is 7.13. The first-order valence-electron chi connectivity index (χ1n) is 9.21. The number of hydrogen-bond acceptors (Lipinski definition) is 3. The third-order valence-electron chi connectivity index (χ3n) is 5.34. The summed E-state index contributed by atoms with van der Waals surface area (Å²) in [4.78, 5) is 4.44. The summed E-state index contributed by atoms with van der Waals surface area (Å²) in [5.41, 5.74) is 1.40. The lowest BCUT2D eigenvalue weighted by Crippen LogP contribution is -2.46. The van der Waals surface area contributed by atoms with E-state index in [1.54, 1.807) is 7.11 Å². The molecule has 0 spiro atoms. The molecule has 1 aliphatic carbocycles. The van der Waals surface area contributed by atoms with Crippen LogP contribution in [0.25, 0.3) is 0 Å². The van der Waals surface area contributed by atoms with Crippen LogP contribution >= 0.6 is 24.0 Å². The number of benzene rings is 1. The van der Waals surface area contributed by atoms with Crippen LogP contribution in [0.5, 0.6) is 5.75 Å². The van der Waals surface area contributed by atoms with E-state index in [0.717, 1.165) is 37.7 Å². The molecule has 6 heteroatoms. The Balaban J connectivity index is 0.00000243. The van der Waals surface area contributed by atoms with Crippen molar-refractivity contribution in [1.82, 2.24) is 10.6 Å². The molecule has 1 fully saturated rings. The van der Waals surface area contributed by atoms with Gasteiger partial charge in [-0.15, -0.1) is 24.0 Å². The van der Waals surface area contributed by atoms with Crippen molar-refractivity contribution in [3.63, 3.8) is 0 Å². The van der Waals surface area contributed by atoms with Crippen molar-refractivity contribution in [2.45, 2.75) is 51.2 Å². The van der Waals surface area contributed by atoms with Crippen LogP contribution in [-0.2, 0) is 4.74 Å². The van der Waals surface area contributed by atoms with Gasteiger partial charge in [0, 0.05) is 39.3 Å². The standard InChI is InChI=1S/C20H31N3O2.HI/c1-19(2)13-16(15-7-5-6-8-17(15)25-19)23-18(21-3)22-14-20(9-10-20)11-12-24-4;/h5-8,16H,9-14H2,1-4H3,(H2,21,22,23);1H. The number of aliphatic imine (C=N–C) groups is 1. The van der Waals surface area contributed by atoms with Gasteiger partial charge in [-0.3, -0.25) is 4.99 Å². The minimum atomic E-state index is -0.193. The van der Waals surface area contributed by atoms with Crippen LogP contribution in [0.2, 0.25) is 0 Å². The molecule has 1 aliphatic heterocycles. The summed E-state index contributed by atoms with van der Waals surface area (Å²) in [5.74, 6) is 1.83. The van der Waals surface area contributed by atoms with Gasteiger partial charge in [0.25, 0.3) is 0 Å². The number of fused-ring (bicyclic) bond motifs is 1. The lowest BCUT2D eigenvalue weighted by Gasteiger charge is -2.38. The molecule has 1 aromatic rings. The summed E-state index contributed by atoms with van der Waals surface area (Å²) >= 11 is 0. The van der Waals surface area contributed by atoms with Crippen LogP contribution in [0.4, 0.5) is 0 Å². The van der Waals surface area contributed by atoms with Gasteiger partial charge in [0.2, 0.25) is 0 Å². The number of methoxy groups -OCH3 is 1. The topological polar surface area (TPSA) is 54.9 Å². The lowest BCUT2D eigenvalue weighted by molar-refractivity contribution is 0.0693. The fourth-order valence-corrected chi connectivity index (χ4v) is 3.57. The minimum absolute atomic E-state index is 0. The first-order chi connectivity index (χ1) is 12.0. The zero-order valence-electron chi connectivity index (χ0n) is 16.3. The van der Waals surface area contributed by atoms with Gasteiger partial charge >= 0.3 is 0 Å². The molecule has 2 aliphatic rings. The van der Waals surface area contributed by atoms with Crippen LogP contribution in [0, 0.1) is 5.41 Å².